The standard InChI is InChI=1S/C22H31F2N3O/c1-2-19(22-9-13-5-14(10-22)7-15(6-13)11-22)25-20(28)12-27-18(21(23)24)8-17(26-27)16-3-4-16/h8,13-16,19,21H,2-7,9-12H2,1H3,(H,25,28). The average molecular weight is 392 g/mol. The van der Waals surface area contributed by atoms with E-state index in [1.165, 1.54) is 49.3 Å². The molecule has 154 valence electrons. The lowest BCUT2D eigenvalue weighted by atomic mass is 9.47. The smallest absolute Gasteiger partial charge is 0.280 e. The van der Waals surface area contributed by atoms with Crippen LogP contribution in [0.4, 0.5) is 8.78 Å². The summed E-state index contributed by atoms with van der Waals surface area (Å²) in [5.41, 5.74) is 0.824. The lowest BCUT2D eigenvalue weighted by Crippen LogP contribution is -2.57. The zero-order valence-corrected chi connectivity index (χ0v) is 16.7. The van der Waals surface area contributed by atoms with Gasteiger partial charge in [0.2, 0.25) is 5.91 Å². The molecule has 5 aliphatic carbocycles. The van der Waals surface area contributed by atoms with E-state index in [4.69, 9.17) is 0 Å². The van der Waals surface area contributed by atoms with Crippen LogP contribution in [0.5, 0.6) is 0 Å². The minimum atomic E-state index is -2.60. The second-order valence-corrected chi connectivity index (χ2v) is 10.0. The van der Waals surface area contributed by atoms with Crippen LogP contribution in [0.1, 0.15) is 88.4 Å². The largest absolute Gasteiger partial charge is 0.351 e. The number of aromatic nitrogens is 2. The second-order valence-electron chi connectivity index (χ2n) is 10.0. The lowest BCUT2D eigenvalue weighted by molar-refractivity contribution is -0.127. The fourth-order valence-electron chi connectivity index (χ4n) is 7.00. The van der Waals surface area contributed by atoms with E-state index < -0.39 is 6.43 Å². The Morgan fingerprint density at radius 2 is 1.82 bits per heavy atom. The molecule has 0 saturated heterocycles. The highest BCUT2D eigenvalue weighted by atomic mass is 19.3. The Hall–Kier alpha value is -1.46. The monoisotopic (exact) mass is 391 g/mol. The zero-order chi connectivity index (χ0) is 19.5. The lowest BCUT2D eigenvalue weighted by Gasteiger charge is -2.59. The van der Waals surface area contributed by atoms with Gasteiger partial charge in [0, 0.05) is 12.0 Å². The van der Waals surface area contributed by atoms with Gasteiger partial charge in [0.25, 0.3) is 6.43 Å². The minimum absolute atomic E-state index is 0.102. The second kappa shape index (κ2) is 6.81. The minimum Gasteiger partial charge on any atom is -0.351 e. The van der Waals surface area contributed by atoms with E-state index in [-0.39, 0.29) is 29.6 Å². The maximum Gasteiger partial charge on any atom is 0.280 e. The third-order valence-corrected chi connectivity index (χ3v) is 7.91. The molecule has 5 aliphatic rings. The van der Waals surface area contributed by atoms with E-state index in [0.717, 1.165) is 42.7 Å². The molecule has 1 unspecified atom stereocenters. The van der Waals surface area contributed by atoms with E-state index >= 15 is 0 Å². The third kappa shape index (κ3) is 3.26. The van der Waals surface area contributed by atoms with Gasteiger partial charge < -0.3 is 5.32 Å². The molecule has 6 heteroatoms. The molecule has 0 radical (unpaired) electrons. The van der Waals surface area contributed by atoms with Crippen molar-refractivity contribution >= 4 is 5.91 Å². The number of carbonyl (C=O) groups is 1. The number of halogens is 2. The predicted octanol–water partition coefficient (Wildman–Crippen LogP) is 4.81. The van der Waals surface area contributed by atoms with Crippen molar-refractivity contribution in [2.45, 2.75) is 89.6 Å². The maximum atomic E-state index is 13.4. The van der Waals surface area contributed by atoms with Crippen molar-refractivity contribution in [2.75, 3.05) is 0 Å². The van der Waals surface area contributed by atoms with Crippen molar-refractivity contribution in [3.05, 3.63) is 17.5 Å². The number of rotatable bonds is 7. The van der Waals surface area contributed by atoms with Crippen LogP contribution in [0.25, 0.3) is 0 Å². The molecule has 28 heavy (non-hydrogen) atoms. The van der Waals surface area contributed by atoms with Crippen LogP contribution in [0, 0.1) is 23.2 Å². The first-order valence-corrected chi connectivity index (χ1v) is 11.1. The summed E-state index contributed by atoms with van der Waals surface area (Å²) >= 11 is 0. The van der Waals surface area contributed by atoms with Gasteiger partial charge in [-0.25, -0.2) is 8.78 Å². The maximum absolute atomic E-state index is 13.4. The van der Waals surface area contributed by atoms with Crippen molar-refractivity contribution in [3.63, 3.8) is 0 Å². The summed E-state index contributed by atoms with van der Waals surface area (Å²) in [6.45, 7) is 2.04. The van der Waals surface area contributed by atoms with Crippen LogP contribution >= 0.6 is 0 Å². The summed E-state index contributed by atoms with van der Waals surface area (Å²) in [4.78, 5) is 12.8. The Labute approximate surface area is 165 Å². The van der Waals surface area contributed by atoms with Crippen molar-refractivity contribution < 1.29 is 13.6 Å². The zero-order valence-electron chi connectivity index (χ0n) is 16.7. The summed E-state index contributed by atoms with van der Waals surface area (Å²) in [6.07, 6.45) is 8.14. The van der Waals surface area contributed by atoms with Crippen molar-refractivity contribution in [1.29, 1.82) is 0 Å². The highest BCUT2D eigenvalue weighted by molar-refractivity contribution is 5.76. The summed E-state index contributed by atoms with van der Waals surface area (Å²) in [5, 5.41) is 7.58. The first-order chi connectivity index (χ1) is 13.5. The van der Waals surface area contributed by atoms with Gasteiger partial charge >= 0.3 is 0 Å². The highest BCUT2D eigenvalue weighted by Gasteiger charge is 2.54. The number of nitrogens with zero attached hydrogens (tertiary/aromatic N) is 2. The average Bonchev–Trinajstić information content (AvgIpc) is 3.39. The molecule has 4 bridgehead atoms. The Kier molecular flexibility index (Phi) is 4.51. The molecule has 0 aromatic carbocycles. The molecule has 1 N–H and O–H groups in total. The molecule has 0 aliphatic heterocycles. The predicted molar refractivity (Wildman–Crippen MR) is 102 cm³/mol. The van der Waals surface area contributed by atoms with E-state index in [1.54, 1.807) is 0 Å². The number of hydrogen-bond donors (Lipinski definition) is 1. The summed E-state index contributed by atoms with van der Waals surface area (Å²) < 4.78 is 28.1. The molecule has 1 heterocycles. The Bertz CT molecular complexity index is 720. The fraction of sp³-hybridized carbons (Fsp3) is 0.818. The molecular formula is C22H31F2N3O. The van der Waals surface area contributed by atoms with Crippen molar-refractivity contribution in [3.8, 4) is 0 Å². The number of carbonyl (C=O) groups excluding carboxylic acids is 1. The van der Waals surface area contributed by atoms with Gasteiger partial charge in [-0.3, -0.25) is 9.48 Å². The van der Waals surface area contributed by atoms with Crippen molar-refractivity contribution in [1.82, 2.24) is 15.1 Å². The number of hydrogen-bond acceptors (Lipinski definition) is 2. The molecule has 1 aromatic heterocycles. The highest BCUT2D eigenvalue weighted by Crippen LogP contribution is 2.61. The molecule has 5 fully saturated rings. The normalized spacial score (nSPS) is 34.8. The van der Waals surface area contributed by atoms with Gasteiger partial charge in [0.15, 0.2) is 0 Å². The molecule has 4 nitrogen and oxygen atoms in total. The van der Waals surface area contributed by atoms with Gasteiger partial charge in [-0.05, 0) is 87.0 Å². The van der Waals surface area contributed by atoms with Gasteiger partial charge in [-0.2, -0.15) is 5.10 Å². The molecule has 6 rings (SSSR count). The van der Waals surface area contributed by atoms with Crippen LogP contribution in [0.2, 0.25) is 0 Å². The van der Waals surface area contributed by atoms with E-state index in [9.17, 15) is 13.6 Å². The van der Waals surface area contributed by atoms with Crippen LogP contribution in [-0.4, -0.2) is 21.7 Å². The molecular weight excluding hydrogens is 360 g/mol. The number of alkyl halides is 2. The van der Waals surface area contributed by atoms with Gasteiger partial charge in [-0.15, -0.1) is 0 Å². The first kappa shape index (κ1) is 18.6. The molecule has 1 atom stereocenters. The van der Waals surface area contributed by atoms with Gasteiger partial charge in [0.1, 0.15) is 12.2 Å². The summed E-state index contributed by atoms with van der Waals surface area (Å²) in [6, 6.07) is 1.65. The third-order valence-electron chi connectivity index (χ3n) is 7.91. The van der Waals surface area contributed by atoms with Crippen molar-refractivity contribution in [2.24, 2.45) is 23.2 Å². The summed E-state index contributed by atoms with van der Waals surface area (Å²) in [7, 11) is 0. The molecule has 1 amide bonds. The SMILES string of the molecule is CCC(NC(=O)Cn1nc(C2CC2)cc1C(F)F)C12CC3CC(CC(C3)C1)C2. The topological polar surface area (TPSA) is 46.9 Å². The van der Waals surface area contributed by atoms with Crippen LogP contribution in [0.3, 0.4) is 0 Å². The van der Waals surface area contributed by atoms with Gasteiger partial charge in [-0.1, -0.05) is 6.92 Å². The van der Waals surface area contributed by atoms with Gasteiger partial charge in [0.05, 0.1) is 5.69 Å². The Morgan fingerprint density at radius 1 is 1.21 bits per heavy atom. The molecule has 0 spiro atoms. The van der Waals surface area contributed by atoms with E-state index in [1.807, 2.05) is 0 Å². The quantitative estimate of drug-likeness (QED) is 0.725. The van der Waals surface area contributed by atoms with Crippen LogP contribution in [0.15, 0.2) is 6.07 Å². The Morgan fingerprint density at radius 3 is 2.32 bits per heavy atom. The summed E-state index contributed by atoms with van der Waals surface area (Å²) in [5.74, 6) is 2.62. The van der Waals surface area contributed by atoms with Crippen LogP contribution in [-0.2, 0) is 11.3 Å². The Balaban J connectivity index is 1.30. The first-order valence-electron chi connectivity index (χ1n) is 11.1. The molecule has 1 aromatic rings. The van der Waals surface area contributed by atoms with E-state index in [2.05, 4.69) is 17.3 Å². The number of amides is 1. The van der Waals surface area contributed by atoms with Crippen LogP contribution < -0.4 is 5.32 Å². The number of nitrogens with one attached hydrogen (secondary N) is 1. The molecule has 5 saturated carbocycles. The van der Waals surface area contributed by atoms with E-state index in [0.29, 0.717) is 5.92 Å². The fourth-order valence-corrected chi connectivity index (χ4v) is 7.00.